The lowest BCUT2D eigenvalue weighted by molar-refractivity contribution is 0.0571. The summed E-state index contributed by atoms with van der Waals surface area (Å²) in [5.41, 5.74) is 0.701. The van der Waals surface area contributed by atoms with Gasteiger partial charge in [-0.05, 0) is 39.4 Å². The molecule has 0 aliphatic carbocycles. The van der Waals surface area contributed by atoms with E-state index in [1.54, 1.807) is 24.3 Å². The summed E-state index contributed by atoms with van der Waals surface area (Å²) in [6, 6.07) is 28.2. The van der Waals surface area contributed by atoms with Gasteiger partial charge in [-0.1, -0.05) is 107 Å². The number of rotatable bonds is 8. The van der Waals surface area contributed by atoms with Crippen molar-refractivity contribution in [1.82, 2.24) is 4.90 Å². The highest BCUT2D eigenvalue weighted by atomic mass is 28.4. The Bertz CT molecular complexity index is 1120. The van der Waals surface area contributed by atoms with Gasteiger partial charge < -0.3 is 4.43 Å². The summed E-state index contributed by atoms with van der Waals surface area (Å²) >= 11 is 0. The molecule has 5 heteroatoms. The van der Waals surface area contributed by atoms with E-state index in [1.165, 1.54) is 15.3 Å². The second-order valence-corrected chi connectivity index (χ2v) is 15.5. The number of hydrogen-bond donors (Lipinski definition) is 0. The van der Waals surface area contributed by atoms with Crippen molar-refractivity contribution >= 4 is 30.5 Å². The first-order valence-corrected chi connectivity index (χ1v) is 14.2. The van der Waals surface area contributed by atoms with Crippen molar-refractivity contribution in [1.29, 1.82) is 0 Å². The molecule has 35 heavy (non-hydrogen) atoms. The molecule has 1 heterocycles. The summed E-state index contributed by atoms with van der Waals surface area (Å²) in [7, 11) is -2.62. The van der Waals surface area contributed by atoms with Crippen LogP contribution in [-0.4, -0.2) is 38.2 Å². The van der Waals surface area contributed by atoms with Gasteiger partial charge in [-0.25, -0.2) is 0 Å². The summed E-state index contributed by atoms with van der Waals surface area (Å²) in [5.74, 6) is -0.404. The fraction of sp³-hybridized carbons (Fsp3) is 0.333. The minimum atomic E-state index is -2.62. The third-order valence-corrected chi connectivity index (χ3v) is 12.0. The molecule has 0 saturated carbocycles. The Balaban J connectivity index is 1.56. The van der Waals surface area contributed by atoms with Crippen LogP contribution in [0.1, 0.15) is 61.8 Å². The molecule has 3 aromatic carbocycles. The van der Waals surface area contributed by atoms with E-state index in [-0.39, 0.29) is 22.3 Å². The molecule has 0 spiro atoms. The highest BCUT2D eigenvalue weighted by Crippen LogP contribution is 2.37. The minimum Gasteiger partial charge on any atom is -0.407 e. The highest BCUT2D eigenvalue weighted by Gasteiger charge is 2.50. The number of nitrogens with zero attached hydrogens (tertiary/aromatic N) is 1. The lowest BCUT2D eigenvalue weighted by Crippen LogP contribution is -2.66. The van der Waals surface area contributed by atoms with Crippen LogP contribution in [0.2, 0.25) is 5.04 Å². The Morgan fingerprint density at radius 1 is 0.686 bits per heavy atom. The zero-order chi connectivity index (χ0) is 25.3. The fourth-order valence-corrected chi connectivity index (χ4v) is 9.70. The van der Waals surface area contributed by atoms with Crippen molar-refractivity contribution in [2.75, 3.05) is 13.2 Å². The van der Waals surface area contributed by atoms with Gasteiger partial charge in [0.2, 0.25) is 0 Å². The van der Waals surface area contributed by atoms with Crippen LogP contribution in [0.3, 0.4) is 0 Å². The quantitative estimate of drug-likeness (QED) is 0.322. The molecule has 3 aromatic rings. The average molecular weight is 486 g/mol. The first kappa shape index (κ1) is 25.1. The molecule has 1 aliphatic heterocycles. The van der Waals surface area contributed by atoms with Crippen molar-refractivity contribution in [3.05, 3.63) is 96.1 Å². The summed E-state index contributed by atoms with van der Waals surface area (Å²) in [5, 5.41) is 2.40. The Kier molecular flexibility index (Phi) is 6.85. The third kappa shape index (κ3) is 4.75. The Labute approximate surface area is 210 Å². The molecule has 4 nitrogen and oxygen atoms in total. The van der Waals surface area contributed by atoms with Crippen LogP contribution in [0.25, 0.3) is 0 Å². The number of hydrogen-bond acceptors (Lipinski definition) is 3. The topological polar surface area (TPSA) is 46.6 Å². The number of carbonyl (C=O) groups is 2. The van der Waals surface area contributed by atoms with Crippen molar-refractivity contribution in [2.45, 2.75) is 46.1 Å². The van der Waals surface area contributed by atoms with Crippen molar-refractivity contribution in [3.8, 4) is 0 Å². The monoisotopic (exact) mass is 485 g/mol. The third-order valence-electron chi connectivity index (χ3n) is 6.98. The van der Waals surface area contributed by atoms with Crippen LogP contribution in [0.15, 0.2) is 84.9 Å². The SMILES string of the molecule is CC(C)(CCO[Si](c1ccccc1)(c1ccccc1)C(C)(C)C)CN1C(=O)c2ccccc2C1=O. The summed E-state index contributed by atoms with van der Waals surface area (Å²) < 4.78 is 7.03. The molecule has 1 aliphatic rings. The molecule has 0 unspecified atom stereocenters. The lowest BCUT2D eigenvalue weighted by Gasteiger charge is -2.43. The van der Waals surface area contributed by atoms with E-state index in [0.29, 0.717) is 24.3 Å². The summed E-state index contributed by atoms with van der Waals surface area (Å²) in [6.45, 7) is 11.9. The first-order chi connectivity index (χ1) is 16.6. The smallest absolute Gasteiger partial charge is 0.261 e. The van der Waals surface area contributed by atoms with Crippen LogP contribution in [0.4, 0.5) is 0 Å². The van der Waals surface area contributed by atoms with E-state index < -0.39 is 8.32 Å². The van der Waals surface area contributed by atoms with E-state index in [0.717, 1.165) is 6.42 Å². The lowest BCUT2D eigenvalue weighted by atomic mass is 9.89. The van der Waals surface area contributed by atoms with Gasteiger partial charge in [-0.2, -0.15) is 0 Å². The molecule has 0 N–H and O–H groups in total. The van der Waals surface area contributed by atoms with Gasteiger partial charge >= 0.3 is 0 Å². The molecular formula is C30H35NO3Si. The Hall–Kier alpha value is -3.02. The standard InChI is InChI=1S/C30H35NO3Si/c1-29(2,3)35(23-14-8-6-9-15-23,24-16-10-7-11-17-24)34-21-20-30(4,5)22-31-27(32)25-18-12-13-19-26(25)28(31)33/h6-19H,20-22H2,1-5H3. The molecular weight excluding hydrogens is 450 g/mol. The number of benzene rings is 3. The van der Waals surface area contributed by atoms with E-state index in [2.05, 4.69) is 83.1 Å². The van der Waals surface area contributed by atoms with Crippen LogP contribution < -0.4 is 10.4 Å². The number of amides is 2. The van der Waals surface area contributed by atoms with Crippen LogP contribution in [0.5, 0.6) is 0 Å². The minimum absolute atomic E-state index is 0.0949. The van der Waals surface area contributed by atoms with Gasteiger partial charge in [0.15, 0.2) is 0 Å². The van der Waals surface area contributed by atoms with Gasteiger partial charge in [0, 0.05) is 13.2 Å². The maximum Gasteiger partial charge on any atom is 0.261 e. The van der Waals surface area contributed by atoms with Gasteiger partial charge in [-0.15, -0.1) is 0 Å². The zero-order valence-electron chi connectivity index (χ0n) is 21.4. The Morgan fingerprint density at radius 2 is 1.11 bits per heavy atom. The molecule has 0 saturated heterocycles. The number of fused-ring (bicyclic) bond motifs is 1. The van der Waals surface area contributed by atoms with E-state index in [1.807, 2.05) is 12.1 Å². The van der Waals surface area contributed by atoms with Crippen molar-refractivity contribution in [2.24, 2.45) is 5.41 Å². The number of imide groups is 1. The Morgan fingerprint density at radius 3 is 1.54 bits per heavy atom. The fourth-order valence-electron chi connectivity index (χ4n) is 5.13. The van der Waals surface area contributed by atoms with Crippen LogP contribution in [0, 0.1) is 5.41 Å². The highest BCUT2D eigenvalue weighted by molar-refractivity contribution is 6.99. The van der Waals surface area contributed by atoms with Crippen molar-refractivity contribution < 1.29 is 14.0 Å². The molecule has 2 amide bonds. The number of carbonyl (C=O) groups excluding carboxylic acids is 2. The molecule has 0 bridgehead atoms. The largest absolute Gasteiger partial charge is 0.407 e. The maximum atomic E-state index is 12.9. The maximum absolute atomic E-state index is 12.9. The van der Waals surface area contributed by atoms with Gasteiger partial charge in [0.05, 0.1) is 11.1 Å². The molecule has 0 aromatic heterocycles. The molecule has 4 rings (SSSR count). The predicted octanol–water partition coefficient (Wildman–Crippen LogP) is 5.28. The molecule has 0 atom stereocenters. The van der Waals surface area contributed by atoms with Gasteiger partial charge in [0.1, 0.15) is 0 Å². The molecule has 0 radical (unpaired) electrons. The van der Waals surface area contributed by atoms with Crippen LogP contribution in [-0.2, 0) is 4.43 Å². The molecule has 0 fully saturated rings. The zero-order valence-corrected chi connectivity index (χ0v) is 22.4. The predicted molar refractivity (Wildman–Crippen MR) is 144 cm³/mol. The van der Waals surface area contributed by atoms with Crippen LogP contribution >= 0.6 is 0 Å². The summed E-state index contributed by atoms with van der Waals surface area (Å²) in [4.78, 5) is 27.2. The second-order valence-electron chi connectivity index (χ2n) is 11.2. The summed E-state index contributed by atoms with van der Waals surface area (Å²) in [6.07, 6.45) is 0.727. The van der Waals surface area contributed by atoms with Gasteiger partial charge in [-0.3, -0.25) is 14.5 Å². The average Bonchev–Trinajstić information content (AvgIpc) is 3.07. The molecule has 182 valence electrons. The first-order valence-electron chi connectivity index (χ1n) is 12.3. The van der Waals surface area contributed by atoms with E-state index in [4.69, 9.17) is 4.43 Å². The normalized spacial score (nSPS) is 14.4. The van der Waals surface area contributed by atoms with Gasteiger partial charge in [0.25, 0.3) is 20.1 Å². The van der Waals surface area contributed by atoms with E-state index >= 15 is 0 Å². The van der Waals surface area contributed by atoms with E-state index in [9.17, 15) is 9.59 Å². The van der Waals surface area contributed by atoms with Crippen molar-refractivity contribution in [3.63, 3.8) is 0 Å². The second kappa shape index (κ2) is 9.55.